The first-order valence-corrected chi connectivity index (χ1v) is 9.28. The Morgan fingerprint density at radius 3 is 2.60 bits per heavy atom. The summed E-state index contributed by atoms with van der Waals surface area (Å²) in [5.41, 5.74) is 0.985. The van der Waals surface area contributed by atoms with Gasteiger partial charge in [0, 0.05) is 24.9 Å². The topological polar surface area (TPSA) is 78.8 Å². The van der Waals surface area contributed by atoms with Crippen LogP contribution in [0.5, 0.6) is 17.2 Å². The molecule has 0 atom stereocenters. The molecule has 0 saturated carbocycles. The number of carbonyl (C=O) groups is 1. The van der Waals surface area contributed by atoms with Crippen LogP contribution in [0.3, 0.4) is 0 Å². The number of nitrogens with one attached hydrogen (secondary N) is 1. The van der Waals surface area contributed by atoms with E-state index in [0.717, 1.165) is 5.56 Å². The maximum Gasteiger partial charge on any atom is 0.272 e. The number of hydrogen-bond acceptors (Lipinski definition) is 5. The van der Waals surface area contributed by atoms with Crippen LogP contribution in [-0.4, -0.2) is 23.7 Å². The van der Waals surface area contributed by atoms with Crippen molar-refractivity contribution in [2.45, 2.75) is 6.61 Å². The van der Waals surface area contributed by atoms with Crippen molar-refractivity contribution in [2.24, 2.45) is 7.05 Å². The second-order valence-corrected chi connectivity index (χ2v) is 6.73. The number of fused-ring (bicyclic) bond motifs is 1. The highest BCUT2D eigenvalue weighted by Gasteiger charge is 2.16. The molecule has 0 bridgehead atoms. The normalized spacial score (nSPS) is 12.3. The summed E-state index contributed by atoms with van der Waals surface area (Å²) in [4.78, 5) is 25.1. The van der Waals surface area contributed by atoms with Crippen LogP contribution in [0.1, 0.15) is 16.1 Å². The summed E-state index contributed by atoms with van der Waals surface area (Å²) in [6.45, 7) is 1.03. The number of carbonyl (C=O) groups excluding carboxylic acids is 1. The van der Waals surface area contributed by atoms with E-state index in [0.29, 0.717) is 30.4 Å². The first kappa shape index (κ1) is 19.5. The Labute approximate surface area is 171 Å². The molecule has 2 heterocycles. The molecule has 0 aliphatic carbocycles. The van der Waals surface area contributed by atoms with Gasteiger partial charge in [-0.1, -0.05) is 12.1 Å². The number of pyridine rings is 1. The van der Waals surface area contributed by atoms with Crippen molar-refractivity contribution in [3.05, 3.63) is 82.0 Å². The van der Waals surface area contributed by atoms with Crippen LogP contribution in [0.15, 0.2) is 59.5 Å². The quantitative estimate of drug-likeness (QED) is 0.699. The van der Waals surface area contributed by atoms with Gasteiger partial charge in [0.05, 0.1) is 6.20 Å². The summed E-state index contributed by atoms with van der Waals surface area (Å²) < 4.78 is 31.0. The maximum absolute atomic E-state index is 13.0. The lowest BCUT2D eigenvalue weighted by molar-refractivity contribution is 0.101. The number of halogens is 1. The highest BCUT2D eigenvalue weighted by Crippen LogP contribution is 2.32. The number of nitrogens with zero attached hydrogens (tertiary/aromatic N) is 1. The molecule has 0 fully saturated rings. The fraction of sp³-hybridized carbons (Fsp3) is 0.182. The van der Waals surface area contributed by atoms with Crippen molar-refractivity contribution in [3.8, 4) is 17.2 Å². The van der Waals surface area contributed by atoms with E-state index in [1.54, 1.807) is 37.4 Å². The van der Waals surface area contributed by atoms with E-state index in [1.165, 1.54) is 29.0 Å². The standard InChI is InChI=1S/C22H19FN2O5/c1-25-12-21(30-13-14-2-4-15(23)5-3-14)18(26)11-17(25)22(27)24-16-6-7-19-20(10-16)29-9-8-28-19/h2-7,10-12H,8-9,13H2,1H3,(H,24,27). The number of anilines is 1. The summed E-state index contributed by atoms with van der Waals surface area (Å²) in [5.74, 6) is 0.476. The highest BCUT2D eigenvalue weighted by atomic mass is 19.1. The third-order valence-corrected chi connectivity index (χ3v) is 4.54. The summed E-state index contributed by atoms with van der Waals surface area (Å²) in [6.07, 6.45) is 1.45. The Morgan fingerprint density at radius 1 is 1.10 bits per heavy atom. The minimum absolute atomic E-state index is 0.0951. The lowest BCUT2D eigenvalue weighted by Crippen LogP contribution is -2.22. The van der Waals surface area contributed by atoms with Crippen molar-refractivity contribution in [3.63, 3.8) is 0 Å². The third kappa shape index (κ3) is 4.27. The molecule has 154 valence electrons. The van der Waals surface area contributed by atoms with Crippen molar-refractivity contribution < 1.29 is 23.4 Å². The Bertz CT molecular complexity index is 1140. The highest BCUT2D eigenvalue weighted by molar-refractivity contribution is 6.03. The lowest BCUT2D eigenvalue weighted by Gasteiger charge is -2.19. The smallest absolute Gasteiger partial charge is 0.272 e. The van der Waals surface area contributed by atoms with Crippen LogP contribution >= 0.6 is 0 Å². The Kier molecular flexibility index (Phi) is 5.38. The SMILES string of the molecule is Cn1cc(OCc2ccc(F)cc2)c(=O)cc1C(=O)Nc1ccc2c(c1)OCCO2. The van der Waals surface area contributed by atoms with Crippen molar-refractivity contribution in [1.29, 1.82) is 0 Å². The molecule has 1 amide bonds. The number of benzene rings is 2. The number of ether oxygens (including phenoxy) is 3. The van der Waals surface area contributed by atoms with Crippen LogP contribution in [0.4, 0.5) is 10.1 Å². The molecule has 4 rings (SSSR count). The Hall–Kier alpha value is -3.81. The van der Waals surface area contributed by atoms with Crippen molar-refractivity contribution >= 4 is 11.6 Å². The lowest BCUT2D eigenvalue weighted by atomic mass is 10.2. The number of rotatable bonds is 5. The van der Waals surface area contributed by atoms with E-state index >= 15 is 0 Å². The molecule has 1 aliphatic rings. The molecule has 0 unspecified atom stereocenters. The largest absolute Gasteiger partial charge is 0.486 e. The molecule has 0 radical (unpaired) electrons. The summed E-state index contributed by atoms with van der Waals surface area (Å²) in [5, 5.41) is 2.75. The minimum atomic E-state index is -0.448. The van der Waals surface area contributed by atoms with E-state index in [-0.39, 0.29) is 23.9 Å². The summed E-state index contributed by atoms with van der Waals surface area (Å²) >= 11 is 0. The summed E-state index contributed by atoms with van der Waals surface area (Å²) in [7, 11) is 1.64. The zero-order valence-corrected chi connectivity index (χ0v) is 16.2. The van der Waals surface area contributed by atoms with Gasteiger partial charge in [-0.3, -0.25) is 9.59 Å². The van der Waals surface area contributed by atoms with Crippen LogP contribution < -0.4 is 25.0 Å². The van der Waals surface area contributed by atoms with Crippen LogP contribution in [0.2, 0.25) is 0 Å². The molecule has 3 aromatic rings. The first-order valence-electron chi connectivity index (χ1n) is 9.28. The van der Waals surface area contributed by atoms with Gasteiger partial charge < -0.3 is 24.1 Å². The fourth-order valence-corrected chi connectivity index (χ4v) is 3.00. The van der Waals surface area contributed by atoms with Crippen LogP contribution in [-0.2, 0) is 13.7 Å². The van der Waals surface area contributed by atoms with E-state index < -0.39 is 11.3 Å². The van der Waals surface area contributed by atoms with Crippen molar-refractivity contribution in [2.75, 3.05) is 18.5 Å². The number of aromatic nitrogens is 1. The number of aryl methyl sites for hydroxylation is 1. The number of hydrogen-bond donors (Lipinski definition) is 1. The van der Waals surface area contributed by atoms with E-state index in [2.05, 4.69) is 5.32 Å². The zero-order valence-electron chi connectivity index (χ0n) is 16.2. The van der Waals surface area contributed by atoms with E-state index in [4.69, 9.17) is 14.2 Å². The summed E-state index contributed by atoms with van der Waals surface area (Å²) in [6, 6.07) is 12.1. The average Bonchev–Trinajstić information content (AvgIpc) is 2.75. The van der Waals surface area contributed by atoms with Gasteiger partial charge >= 0.3 is 0 Å². The van der Waals surface area contributed by atoms with Crippen LogP contribution in [0.25, 0.3) is 0 Å². The molecule has 7 nitrogen and oxygen atoms in total. The van der Waals surface area contributed by atoms with Crippen LogP contribution in [0, 0.1) is 5.82 Å². The van der Waals surface area contributed by atoms with Gasteiger partial charge in [-0.15, -0.1) is 0 Å². The molecule has 1 aromatic heterocycles. The maximum atomic E-state index is 13.0. The van der Waals surface area contributed by atoms with Crippen molar-refractivity contribution in [1.82, 2.24) is 4.57 Å². The van der Waals surface area contributed by atoms with E-state index in [9.17, 15) is 14.0 Å². The van der Waals surface area contributed by atoms with Gasteiger partial charge in [0.1, 0.15) is 31.3 Å². The number of amides is 1. The monoisotopic (exact) mass is 410 g/mol. The minimum Gasteiger partial charge on any atom is -0.486 e. The van der Waals surface area contributed by atoms with Gasteiger partial charge in [-0.2, -0.15) is 0 Å². The van der Waals surface area contributed by atoms with Gasteiger partial charge in [0.25, 0.3) is 5.91 Å². The zero-order chi connectivity index (χ0) is 21.1. The predicted molar refractivity (Wildman–Crippen MR) is 108 cm³/mol. The fourth-order valence-electron chi connectivity index (χ4n) is 3.00. The Morgan fingerprint density at radius 2 is 1.83 bits per heavy atom. The Balaban J connectivity index is 1.47. The molecule has 0 spiro atoms. The molecular formula is C22H19FN2O5. The predicted octanol–water partition coefficient (Wildman–Crippen LogP) is 3.13. The van der Waals surface area contributed by atoms with Gasteiger partial charge in [-0.25, -0.2) is 4.39 Å². The molecule has 8 heteroatoms. The van der Waals surface area contributed by atoms with Gasteiger partial charge in [0.2, 0.25) is 5.43 Å². The van der Waals surface area contributed by atoms with E-state index in [1.807, 2.05) is 0 Å². The average molecular weight is 410 g/mol. The second-order valence-electron chi connectivity index (χ2n) is 6.73. The molecule has 1 aliphatic heterocycles. The molecule has 30 heavy (non-hydrogen) atoms. The molecule has 2 aromatic carbocycles. The molecule has 1 N–H and O–H groups in total. The van der Waals surface area contributed by atoms with Gasteiger partial charge in [-0.05, 0) is 29.8 Å². The molecular weight excluding hydrogens is 391 g/mol. The van der Waals surface area contributed by atoms with Gasteiger partial charge in [0.15, 0.2) is 17.2 Å². The molecule has 0 saturated heterocycles. The second kappa shape index (κ2) is 8.28. The third-order valence-electron chi connectivity index (χ3n) is 4.54. The first-order chi connectivity index (χ1) is 14.5.